The number of hydrogen-bond acceptors (Lipinski definition) is 3. The molecule has 0 atom stereocenters. The number of carbonyl (C=O) groups is 1. The topological polar surface area (TPSA) is 45.2 Å². The SMILES string of the molecule is CCN(CC)C(=O)NCc1scnc1C. The van der Waals surface area contributed by atoms with Gasteiger partial charge < -0.3 is 10.2 Å². The Morgan fingerprint density at radius 3 is 2.67 bits per heavy atom. The lowest BCUT2D eigenvalue weighted by atomic mass is 10.4. The fraction of sp³-hybridized carbons (Fsp3) is 0.600. The van der Waals surface area contributed by atoms with E-state index in [1.807, 2.05) is 20.8 Å². The van der Waals surface area contributed by atoms with E-state index >= 15 is 0 Å². The summed E-state index contributed by atoms with van der Waals surface area (Å²) in [7, 11) is 0. The summed E-state index contributed by atoms with van der Waals surface area (Å²) in [6.45, 7) is 7.96. The van der Waals surface area contributed by atoms with E-state index in [1.54, 1.807) is 21.7 Å². The lowest BCUT2D eigenvalue weighted by Crippen LogP contribution is -2.39. The molecule has 0 aliphatic carbocycles. The first-order valence-electron chi connectivity index (χ1n) is 5.10. The molecule has 84 valence electrons. The molecule has 2 amide bonds. The maximum absolute atomic E-state index is 11.6. The van der Waals surface area contributed by atoms with E-state index in [0.717, 1.165) is 23.7 Å². The number of urea groups is 1. The Hall–Kier alpha value is -1.10. The minimum Gasteiger partial charge on any atom is -0.333 e. The van der Waals surface area contributed by atoms with Crippen LogP contribution in [-0.4, -0.2) is 29.0 Å². The van der Waals surface area contributed by atoms with Crippen LogP contribution in [0.4, 0.5) is 4.79 Å². The first-order chi connectivity index (χ1) is 7.19. The second kappa shape index (κ2) is 5.70. The molecule has 0 radical (unpaired) electrons. The standard InChI is InChI=1S/C10H17N3OS/c1-4-13(5-2)10(14)11-6-9-8(3)12-7-15-9/h7H,4-6H2,1-3H3,(H,11,14). The second-order valence-electron chi connectivity index (χ2n) is 3.19. The van der Waals surface area contributed by atoms with E-state index < -0.39 is 0 Å². The Bertz CT molecular complexity index is 320. The normalized spacial score (nSPS) is 10.1. The molecule has 0 aromatic carbocycles. The second-order valence-corrected chi connectivity index (χ2v) is 4.13. The summed E-state index contributed by atoms with van der Waals surface area (Å²) in [6, 6.07) is -0.00667. The van der Waals surface area contributed by atoms with Crippen molar-refractivity contribution in [3.63, 3.8) is 0 Å². The molecule has 1 rings (SSSR count). The number of amides is 2. The van der Waals surface area contributed by atoms with Gasteiger partial charge in [-0.15, -0.1) is 11.3 Å². The third-order valence-corrected chi connectivity index (χ3v) is 3.23. The fourth-order valence-electron chi connectivity index (χ4n) is 1.27. The first-order valence-corrected chi connectivity index (χ1v) is 5.98. The van der Waals surface area contributed by atoms with Crippen LogP contribution in [0.2, 0.25) is 0 Å². The van der Waals surface area contributed by atoms with E-state index in [4.69, 9.17) is 0 Å². The van der Waals surface area contributed by atoms with Crippen molar-refractivity contribution in [3.05, 3.63) is 16.1 Å². The number of nitrogens with one attached hydrogen (secondary N) is 1. The van der Waals surface area contributed by atoms with Crippen LogP contribution in [0.5, 0.6) is 0 Å². The zero-order valence-corrected chi connectivity index (χ0v) is 10.2. The molecule has 0 aliphatic heterocycles. The predicted molar refractivity (Wildman–Crippen MR) is 62.0 cm³/mol. The molecule has 0 unspecified atom stereocenters. The average Bonchev–Trinajstić information content (AvgIpc) is 2.63. The van der Waals surface area contributed by atoms with E-state index in [-0.39, 0.29) is 6.03 Å². The summed E-state index contributed by atoms with van der Waals surface area (Å²) in [6.07, 6.45) is 0. The van der Waals surface area contributed by atoms with E-state index in [0.29, 0.717) is 6.54 Å². The molecule has 1 heterocycles. The van der Waals surface area contributed by atoms with Gasteiger partial charge in [-0.2, -0.15) is 0 Å². The third-order valence-electron chi connectivity index (χ3n) is 2.30. The molecular formula is C10H17N3OS. The summed E-state index contributed by atoms with van der Waals surface area (Å²) >= 11 is 1.57. The maximum Gasteiger partial charge on any atom is 0.317 e. The van der Waals surface area contributed by atoms with Gasteiger partial charge in [-0.3, -0.25) is 0 Å². The van der Waals surface area contributed by atoms with Crippen LogP contribution in [0.15, 0.2) is 5.51 Å². The number of thiazole rings is 1. The average molecular weight is 227 g/mol. The van der Waals surface area contributed by atoms with E-state index in [9.17, 15) is 4.79 Å². The van der Waals surface area contributed by atoms with Crippen molar-refractivity contribution in [2.24, 2.45) is 0 Å². The lowest BCUT2D eigenvalue weighted by Gasteiger charge is -2.18. The minimum atomic E-state index is -0.00667. The highest BCUT2D eigenvalue weighted by Crippen LogP contribution is 2.11. The molecule has 0 saturated heterocycles. The van der Waals surface area contributed by atoms with Gasteiger partial charge in [0, 0.05) is 18.0 Å². The number of nitrogens with zero attached hydrogens (tertiary/aromatic N) is 2. The van der Waals surface area contributed by atoms with Gasteiger partial charge in [0.15, 0.2) is 0 Å². The number of aromatic nitrogens is 1. The smallest absolute Gasteiger partial charge is 0.317 e. The van der Waals surface area contributed by atoms with Gasteiger partial charge in [0.25, 0.3) is 0 Å². The zero-order valence-electron chi connectivity index (χ0n) is 9.41. The molecule has 15 heavy (non-hydrogen) atoms. The Morgan fingerprint density at radius 1 is 1.53 bits per heavy atom. The van der Waals surface area contributed by atoms with Gasteiger partial charge >= 0.3 is 6.03 Å². The van der Waals surface area contributed by atoms with Gasteiger partial charge in [-0.25, -0.2) is 9.78 Å². The van der Waals surface area contributed by atoms with Crippen LogP contribution in [-0.2, 0) is 6.54 Å². The van der Waals surface area contributed by atoms with Crippen LogP contribution in [0.3, 0.4) is 0 Å². The van der Waals surface area contributed by atoms with Crippen LogP contribution < -0.4 is 5.32 Å². The highest BCUT2D eigenvalue weighted by molar-refractivity contribution is 7.09. The van der Waals surface area contributed by atoms with Crippen LogP contribution in [0.1, 0.15) is 24.4 Å². The van der Waals surface area contributed by atoms with Crippen molar-refractivity contribution in [1.29, 1.82) is 0 Å². The Balaban J connectivity index is 2.43. The summed E-state index contributed by atoms with van der Waals surface area (Å²) in [5.41, 5.74) is 2.80. The van der Waals surface area contributed by atoms with Gasteiger partial charge in [-0.05, 0) is 20.8 Å². The van der Waals surface area contributed by atoms with Crippen LogP contribution in [0, 0.1) is 6.92 Å². The van der Waals surface area contributed by atoms with Gasteiger partial charge in [-0.1, -0.05) is 0 Å². The summed E-state index contributed by atoms with van der Waals surface area (Å²) in [5.74, 6) is 0. The molecule has 4 nitrogen and oxygen atoms in total. The Kier molecular flexibility index (Phi) is 4.55. The largest absolute Gasteiger partial charge is 0.333 e. The zero-order chi connectivity index (χ0) is 11.3. The minimum absolute atomic E-state index is 0.00667. The van der Waals surface area contributed by atoms with Crippen molar-refractivity contribution < 1.29 is 4.79 Å². The number of hydrogen-bond donors (Lipinski definition) is 1. The molecule has 0 bridgehead atoms. The van der Waals surface area contributed by atoms with Gasteiger partial charge in [0.05, 0.1) is 17.7 Å². The lowest BCUT2D eigenvalue weighted by molar-refractivity contribution is 0.203. The van der Waals surface area contributed by atoms with E-state index in [2.05, 4.69) is 10.3 Å². The van der Waals surface area contributed by atoms with Crippen molar-refractivity contribution in [2.75, 3.05) is 13.1 Å². The van der Waals surface area contributed by atoms with Gasteiger partial charge in [0.2, 0.25) is 0 Å². The molecule has 5 heteroatoms. The molecule has 1 aromatic heterocycles. The van der Waals surface area contributed by atoms with Crippen molar-refractivity contribution in [3.8, 4) is 0 Å². The van der Waals surface area contributed by atoms with Crippen LogP contribution >= 0.6 is 11.3 Å². The predicted octanol–water partition coefficient (Wildman–Crippen LogP) is 2.00. The third kappa shape index (κ3) is 3.20. The molecular weight excluding hydrogens is 210 g/mol. The van der Waals surface area contributed by atoms with Gasteiger partial charge in [0.1, 0.15) is 0 Å². The number of aryl methyl sites for hydroxylation is 1. The molecule has 0 spiro atoms. The summed E-state index contributed by atoms with van der Waals surface area (Å²) in [4.78, 5) is 18.6. The number of rotatable bonds is 4. The maximum atomic E-state index is 11.6. The highest BCUT2D eigenvalue weighted by Gasteiger charge is 2.09. The monoisotopic (exact) mass is 227 g/mol. The highest BCUT2D eigenvalue weighted by atomic mass is 32.1. The summed E-state index contributed by atoms with van der Waals surface area (Å²) in [5, 5.41) is 2.89. The fourth-order valence-corrected chi connectivity index (χ4v) is 1.99. The quantitative estimate of drug-likeness (QED) is 0.855. The molecule has 0 saturated carbocycles. The number of carbonyl (C=O) groups excluding carboxylic acids is 1. The molecule has 1 N–H and O–H groups in total. The Morgan fingerprint density at radius 2 is 2.20 bits per heavy atom. The van der Waals surface area contributed by atoms with Crippen molar-refractivity contribution in [1.82, 2.24) is 15.2 Å². The van der Waals surface area contributed by atoms with Crippen LogP contribution in [0.25, 0.3) is 0 Å². The molecule has 1 aromatic rings. The van der Waals surface area contributed by atoms with Crippen molar-refractivity contribution in [2.45, 2.75) is 27.3 Å². The first kappa shape index (κ1) is 12.0. The van der Waals surface area contributed by atoms with E-state index in [1.165, 1.54) is 0 Å². The molecule has 0 fully saturated rings. The Labute approximate surface area is 94.3 Å². The summed E-state index contributed by atoms with van der Waals surface area (Å²) < 4.78 is 0. The van der Waals surface area contributed by atoms with Crippen molar-refractivity contribution >= 4 is 17.4 Å². The molecule has 0 aliphatic rings.